The molecule has 0 aliphatic carbocycles. The van der Waals surface area contributed by atoms with Crippen LogP contribution in [-0.2, 0) is 0 Å². The zero-order valence-corrected chi connectivity index (χ0v) is 11.3. The first-order valence-electron chi connectivity index (χ1n) is 6.11. The third kappa shape index (κ3) is 8.44. The monoisotopic (exact) mass is 254 g/mol. The number of nitrogens with two attached hydrogens (primary N) is 1. The molecule has 0 saturated carbocycles. The lowest BCUT2D eigenvalue weighted by atomic mass is 9.85. The Bertz CT molecular complexity index is 209. The molecular formula is C12H25F3N2. The van der Waals surface area contributed by atoms with Gasteiger partial charge in [0.1, 0.15) is 0 Å². The van der Waals surface area contributed by atoms with E-state index in [1.807, 2.05) is 27.7 Å². The topological polar surface area (TPSA) is 29.3 Å². The molecule has 0 aromatic heterocycles. The van der Waals surface area contributed by atoms with Gasteiger partial charge in [0, 0.05) is 6.04 Å². The standard InChI is InChI=1S/C12H25F3N2/c1-5-7-17(9-12(13,14)15)8-6-10(16)11(2,3)4/h10H,5-9,16H2,1-4H3. The zero-order valence-electron chi connectivity index (χ0n) is 11.3. The molecule has 0 heterocycles. The van der Waals surface area contributed by atoms with Crippen molar-refractivity contribution in [3.8, 4) is 0 Å². The number of nitrogens with zero attached hydrogens (tertiary/aromatic N) is 1. The minimum Gasteiger partial charge on any atom is -0.327 e. The van der Waals surface area contributed by atoms with Crippen molar-refractivity contribution in [1.29, 1.82) is 0 Å². The van der Waals surface area contributed by atoms with Crippen LogP contribution >= 0.6 is 0 Å². The molecule has 1 atom stereocenters. The maximum atomic E-state index is 12.3. The predicted molar refractivity (Wildman–Crippen MR) is 64.8 cm³/mol. The molecule has 0 aliphatic heterocycles. The lowest BCUT2D eigenvalue weighted by Crippen LogP contribution is -2.41. The fraction of sp³-hybridized carbons (Fsp3) is 1.00. The highest BCUT2D eigenvalue weighted by Gasteiger charge is 2.31. The third-order valence-corrected chi connectivity index (χ3v) is 2.81. The van der Waals surface area contributed by atoms with E-state index < -0.39 is 12.7 Å². The molecule has 0 saturated heterocycles. The molecule has 1 unspecified atom stereocenters. The Labute approximate surface area is 102 Å². The lowest BCUT2D eigenvalue weighted by Gasteiger charge is -2.30. The molecule has 0 spiro atoms. The third-order valence-electron chi connectivity index (χ3n) is 2.81. The van der Waals surface area contributed by atoms with Crippen LogP contribution in [-0.4, -0.2) is 36.8 Å². The summed E-state index contributed by atoms with van der Waals surface area (Å²) in [5.74, 6) is 0. The fourth-order valence-corrected chi connectivity index (χ4v) is 1.59. The largest absolute Gasteiger partial charge is 0.401 e. The average molecular weight is 254 g/mol. The van der Waals surface area contributed by atoms with Gasteiger partial charge in [0.2, 0.25) is 0 Å². The quantitative estimate of drug-likeness (QED) is 0.789. The van der Waals surface area contributed by atoms with Crippen molar-refractivity contribution in [1.82, 2.24) is 4.90 Å². The van der Waals surface area contributed by atoms with Gasteiger partial charge in [-0.2, -0.15) is 13.2 Å². The number of hydrogen-bond acceptors (Lipinski definition) is 2. The summed E-state index contributed by atoms with van der Waals surface area (Å²) in [6, 6.07) is -0.0740. The van der Waals surface area contributed by atoms with Crippen LogP contribution in [0.5, 0.6) is 0 Å². The Morgan fingerprint density at radius 1 is 1.12 bits per heavy atom. The molecule has 0 rings (SSSR count). The normalized spacial score (nSPS) is 15.4. The van der Waals surface area contributed by atoms with Crippen LogP contribution in [0, 0.1) is 5.41 Å². The lowest BCUT2D eigenvalue weighted by molar-refractivity contribution is -0.146. The number of hydrogen-bond donors (Lipinski definition) is 1. The molecule has 0 aromatic carbocycles. The molecule has 0 aliphatic rings. The predicted octanol–water partition coefficient (Wildman–Crippen LogP) is 3.02. The van der Waals surface area contributed by atoms with Crippen molar-refractivity contribution < 1.29 is 13.2 Å². The van der Waals surface area contributed by atoms with E-state index in [9.17, 15) is 13.2 Å². The molecule has 2 N–H and O–H groups in total. The molecule has 0 fully saturated rings. The van der Waals surface area contributed by atoms with Crippen molar-refractivity contribution in [2.45, 2.75) is 52.8 Å². The summed E-state index contributed by atoms with van der Waals surface area (Å²) >= 11 is 0. The van der Waals surface area contributed by atoms with Crippen molar-refractivity contribution in [2.24, 2.45) is 11.1 Å². The smallest absolute Gasteiger partial charge is 0.327 e. The van der Waals surface area contributed by atoms with E-state index in [2.05, 4.69) is 0 Å². The van der Waals surface area contributed by atoms with Gasteiger partial charge in [0.25, 0.3) is 0 Å². The number of alkyl halides is 3. The van der Waals surface area contributed by atoms with Gasteiger partial charge in [-0.05, 0) is 31.3 Å². The van der Waals surface area contributed by atoms with Gasteiger partial charge in [0.05, 0.1) is 6.54 Å². The van der Waals surface area contributed by atoms with E-state index in [1.54, 1.807) is 0 Å². The van der Waals surface area contributed by atoms with Crippen LogP contribution < -0.4 is 5.73 Å². The van der Waals surface area contributed by atoms with Gasteiger partial charge in [-0.25, -0.2) is 0 Å². The number of halogens is 3. The van der Waals surface area contributed by atoms with Crippen LogP contribution in [0.4, 0.5) is 13.2 Å². The fourth-order valence-electron chi connectivity index (χ4n) is 1.59. The van der Waals surface area contributed by atoms with Gasteiger partial charge in [0.15, 0.2) is 0 Å². The average Bonchev–Trinajstić information content (AvgIpc) is 2.10. The van der Waals surface area contributed by atoms with Gasteiger partial charge in [-0.15, -0.1) is 0 Å². The van der Waals surface area contributed by atoms with Gasteiger partial charge < -0.3 is 5.73 Å². The molecule has 2 nitrogen and oxygen atoms in total. The molecule has 0 bridgehead atoms. The van der Waals surface area contributed by atoms with E-state index in [0.29, 0.717) is 19.5 Å². The summed E-state index contributed by atoms with van der Waals surface area (Å²) < 4.78 is 36.9. The first-order valence-corrected chi connectivity index (χ1v) is 6.11. The second-order valence-corrected chi connectivity index (χ2v) is 5.65. The molecule has 0 aromatic rings. The van der Waals surface area contributed by atoms with Crippen LogP contribution in [0.3, 0.4) is 0 Å². The molecule has 0 radical (unpaired) electrons. The summed E-state index contributed by atoms with van der Waals surface area (Å²) in [5.41, 5.74) is 5.89. The SMILES string of the molecule is CCCN(CCC(N)C(C)(C)C)CC(F)(F)F. The molecule has 17 heavy (non-hydrogen) atoms. The van der Waals surface area contributed by atoms with Gasteiger partial charge >= 0.3 is 6.18 Å². The molecular weight excluding hydrogens is 229 g/mol. The highest BCUT2D eigenvalue weighted by Crippen LogP contribution is 2.21. The summed E-state index contributed by atoms with van der Waals surface area (Å²) in [6.45, 7) is 7.94. The highest BCUT2D eigenvalue weighted by molar-refractivity contribution is 4.78. The Balaban J connectivity index is 4.18. The molecule has 0 amide bonds. The summed E-state index contributed by atoms with van der Waals surface area (Å²) in [6.07, 6.45) is -2.80. The van der Waals surface area contributed by atoms with E-state index >= 15 is 0 Å². The summed E-state index contributed by atoms with van der Waals surface area (Å²) in [7, 11) is 0. The Morgan fingerprint density at radius 3 is 2.00 bits per heavy atom. The van der Waals surface area contributed by atoms with Crippen molar-refractivity contribution in [3.63, 3.8) is 0 Å². The second-order valence-electron chi connectivity index (χ2n) is 5.65. The van der Waals surface area contributed by atoms with Gasteiger partial charge in [-0.3, -0.25) is 4.90 Å². The van der Waals surface area contributed by atoms with Crippen molar-refractivity contribution >= 4 is 0 Å². The Morgan fingerprint density at radius 2 is 1.65 bits per heavy atom. The van der Waals surface area contributed by atoms with Crippen LogP contribution in [0.15, 0.2) is 0 Å². The van der Waals surface area contributed by atoms with E-state index in [0.717, 1.165) is 6.42 Å². The first-order chi connectivity index (χ1) is 7.56. The van der Waals surface area contributed by atoms with Crippen LogP contribution in [0.25, 0.3) is 0 Å². The Kier molecular flexibility index (Phi) is 6.48. The van der Waals surface area contributed by atoms with Crippen molar-refractivity contribution in [3.05, 3.63) is 0 Å². The minimum absolute atomic E-state index is 0.0594. The van der Waals surface area contributed by atoms with Crippen molar-refractivity contribution in [2.75, 3.05) is 19.6 Å². The van der Waals surface area contributed by atoms with E-state index in [-0.39, 0.29) is 11.5 Å². The van der Waals surface area contributed by atoms with Crippen LogP contribution in [0.1, 0.15) is 40.5 Å². The maximum Gasteiger partial charge on any atom is 0.401 e. The van der Waals surface area contributed by atoms with E-state index in [1.165, 1.54) is 4.90 Å². The van der Waals surface area contributed by atoms with Crippen LogP contribution in [0.2, 0.25) is 0 Å². The summed E-state index contributed by atoms with van der Waals surface area (Å²) in [5, 5.41) is 0. The van der Waals surface area contributed by atoms with E-state index in [4.69, 9.17) is 5.73 Å². The first kappa shape index (κ1) is 16.7. The second kappa shape index (κ2) is 6.59. The number of rotatable bonds is 6. The Hall–Kier alpha value is -0.290. The molecule has 5 heteroatoms. The minimum atomic E-state index is -4.12. The summed E-state index contributed by atoms with van der Waals surface area (Å²) in [4.78, 5) is 1.44. The maximum absolute atomic E-state index is 12.3. The molecule has 104 valence electrons. The highest BCUT2D eigenvalue weighted by atomic mass is 19.4. The zero-order chi connectivity index (χ0) is 13.7. The van der Waals surface area contributed by atoms with Gasteiger partial charge in [-0.1, -0.05) is 27.7 Å².